The molecule has 0 bridgehead atoms. The maximum atomic E-state index is 6.60. The molecule has 0 unspecified atom stereocenters. The monoisotopic (exact) mass is 356 g/mol. The smallest absolute Gasteiger partial charge is 0.137 e. The topological polar surface area (TPSA) is 18.5 Å². The highest BCUT2D eigenvalue weighted by Gasteiger charge is 2.24. The number of hydrogen-bond acceptors (Lipinski definition) is 2. The zero-order valence-electron chi connectivity index (χ0n) is 15.7. The molecule has 0 atom stereocenters. The summed E-state index contributed by atoms with van der Waals surface area (Å²) in [7, 11) is 0. The highest BCUT2D eigenvalue weighted by molar-refractivity contribution is 6.37. The second-order valence-corrected chi connectivity index (χ2v) is 8.70. The Kier molecular flexibility index (Phi) is 4.36. The molecule has 132 valence electrons. The number of hydrogen-bond donors (Lipinski definition) is 0. The van der Waals surface area contributed by atoms with Crippen LogP contribution in [0.1, 0.15) is 41.5 Å². The second kappa shape index (κ2) is 6.10. The molecule has 3 heteroatoms. The van der Waals surface area contributed by atoms with Crippen molar-refractivity contribution in [2.45, 2.75) is 52.7 Å². The molecule has 0 saturated heterocycles. The zero-order chi connectivity index (χ0) is 18.4. The van der Waals surface area contributed by atoms with Gasteiger partial charge < -0.3 is 9.47 Å². The molecule has 0 aromatic heterocycles. The maximum absolute atomic E-state index is 6.60. The van der Waals surface area contributed by atoms with E-state index < -0.39 is 0 Å². The van der Waals surface area contributed by atoms with E-state index in [9.17, 15) is 0 Å². The van der Waals surface area contributed by atoms with Gasteiger partial charge in [-0.15, -0.1) is 0 Å². The quantitative estimate of drug-likeness (QED) is 0.460. The molecule has 0 aliphatic heterocycles. The summed E-state index contributed by atoms with van der Waals surface area (Å²) in [5.74, 6) is 1.66. The number of rotatable bonds is 2. The van der Waals surface area contributed by atoms with E-state index >= 15 is 0 Å². The minimum atomic E-state index is -0.332. The van der Waals surface area contributed by atoms with Crippen LogP contribution in [0.15, 0.2) is 42.5 Å². The first-order valence-corrected chi connectivity index (χ1v) is 8.95. The Morgan fingerprint density at radius 3 is 1.68 bits per heavy atom. The van der Waals surface area contributed by atoms with Crippen LogP contribution in [0.4, 0.5) is 0 Å². The molecule has 3 rings (SSSR count). The normalized spacial score (nSPS) is 12.6. The van der Waals surface area contributed by atoms with Crippen LogP contribution >= 0.6 is 11.6 Å². The highest BCUT2D eigenvalue weighted by Crippen LogP contribution is 2.47. The van der Waals surface area contributed by atoms with E-state index in [0.717, 1.165) is 33.0 Å². The van der Waals surface area contributed by atoms with Crippen LogP contribution in [0.2, 0.25) is 5.02 Å². The van der Waals surface area contributed by atoms with Crippen LogP contribution in [0.5, 0.6) is 11.5 Å². The summed E-state index contributed by atoms with van der Waals surface area (Å²) in [6.45, 7) is 12.3. The molecule has 3 aromatic rings. The molecule has 0 spiro atoms. The Labute approximate surface area is 154 Å². The largest absolute Gasteiger partial charge is 0.487 e. The van der Waals surface area contributed by atoms with Gasteiger partial charge in [-0.25, -0.2) is 0 Å². The number of fused-ring (bicyclic) bond motifs is 2. The van der Waals surface area contributed by atoms with Gasteiger partial charge in [0.15, 0.2) is 0 Å². The molecule has 0 aliphatic carbocycles. The Morgan fingerprint density at radius 2 is 1.12 bits per heavy atom. The van der Waals surface area contributed by atoms with E-state index in [-0.39, 0.29) is 11.2 Å². The van der Waals surface area contributed by atoms with E-state index in [1.807, 2.05) is 51.1 Å². The Morgan fingerprint density at radius 1 is 0.640 bits per heavy atom. The average molecular weight is 357 g/mol. The molecule has 25 heavy (non-hydrogen) atoms. The third kappa shape index (κ3) is 3.69. The lowest BCUT2D eigenvalue weighted by Gasteiger charge is -2.28. The highest BCUT2D eigenvalue weighted by atomic mass is 35.5. The number of benzene rings is 3. The minimum Gasteiger partial charge on any atom is -0.487 e. The third-order valence-electron chi connectivity index (χ3n) is 3.72. The van der Waals surface area contributed by atoms with Crippen molar-refractivity contribution < 1.29 is 9.47 Å². The fourth-order valence-electron chi connectivity index (χ4n) is 2.93. The molecule has 0 radical (unpaired) electrons. The molecule has 0 saturated carbocycles. The van der Waals surface area contributed by atoms with Gasteiger partial charge in [0.1, 0.15) is 22.7 Å². The van der Waals surface area contributed by atoms with Gasteiger partial charge in [-0.3, -0.25) is 0 Å². The first kappa shape index (κ1) is 17.9. The van der Waals surface area contributed by atoms with E-state index in [0.29, 0.717) is 5.02 Å². The predicted molar refractivity (Wildman–Crippen MR) is 107 cm³/mol. The fourth-order valence-corrected chi connectivity index (χ4v) is 3.19. The third-order valence-corrected chi connectivity index (χ3v) is 4.03. The van der Waals surface area contributed by atoms with Crippen molar-refractivity contribution in [3.8, 4) is 11.5 Å². The van der Waals surface area contributed by atoms with Gasteiger partial charge in [-0.1, -0.05) is 48.0 Å². The van der Waals surface area contributed by atoms with Crippen molar-refractivity contribution in [3.63, 3.8) is 0 Å². The molecule has 3 aromatic carbocycles. The Bertz CT molecular complexity index is 931. The van der Waals surface area contributed by atoms with Crippen molar-refractivity contribution in [1.29, 1.82) is 0 Å². The van der Waals surface area contributed by atoms with E-state index in [2.05, 4.69) is 32.9 Å². The Hall–Kier alpha value is -1.93. The molecular weight excluding hydrogens is 332 g/mol. The van der Waals surface area contributed by atoms with Crippen LogP contribution in [0.25, 0.3) is 21.5 Å². The first-order chi connectivity index (χ1) is 11.6. The van der Waals surface area contributed by atoms with Gasteiger partial charge in [0, 0.05) is 21.5 Å². The summed E-state index contributed by atoms with van der Waals surface area (Å²) in [6, 6.07) is 14.1. The molecule has 0 fully saturated rings. The predicted octanol–water partition coefficient (Wildman–Crippen LogP) is 7.00. The van der Waals surface area contributed by atoms with Crippen molar-refractivity contribution in [2.24, 2.45) is 0 Å². The van der Waals surface area contributed by atoms with Crippen LogP contribution < -0.4 is 9.47 Å². The van der Waals surface area contributed by atoms with Crippen LogP contribution in [-0.4, -0.2) is 11.2 Å². The van der Waals surface area contributed by atoms with Gasteiger partial charge in [0.05, 0.1) is 5.02 Å². The molecular formula is C22H25ClO2. The van der Waals surface area contributed by atoms with Gasteiger partial charge in [0.25, 0.3) is 0 Å². The summed E-state index contributed by atoms with van der Waals surface area (Å²) in [4.78, 5) is 0. The lowest BCUT2D eigenvalue weighted by molar-refractivity contribution is 0.131. The molecule has 0 aliphatic rings. The van der Waals surface area contributed by atoms with Gasteiger partial charge in [0.2, 0.25) is 0 Å². The van der Waals surface area contributed by atoms with Crippen LogP contribution in [0, 0.1) is 0 Å². The fraction of sp³-hybridized carbons (Fsp3) is 0.364. The minimum absolute atomic E-state index is 0.315. The first-order valence-electron chi connectivity index (χ1n) is 8.58. The van der Waals surface area contributed by atoms with E-state index in [1.54, 1.807) is 0 Å². The molecule has 0 N–H and O–H groups in total. The molecule has 0 amide bonds. The maximum Gasteiger partial charge on any atom is 0.137 e. The Balaban J connectivity index is 2.48. The van der Waals surface area contributed by atoms with Gasteiger partial charge in [-0.2, -0.15) is 0 Å². The van der Waals surface area contributed by atoms with Crippen molar-refractivity contribution in [2.75, 3.05) is 0 Å². The second-order valence-electron chi connectivity index (χ2n) is 8.30. The summed E-state index contributed by atoms with van der Waals surface area (Å²) >= 11 is 6.60. The van der Waals surface area contributed by atoms with E-state index in [4.69, 9.17) is 21.1 Å². The summed E-state index contributed by atoms with van der Waals surface area (Å²) in [5, 5.41) is 4.59. The summed E-state index contributed by atoms with van der Waals surface area (Å²) in [5.41, 5.74) is -0.647. The van der Waals surface area contributed by atoms with Gasteiger partial charge >= 0.3 is 0 Å². The standard InChI is InChI=1S/C22H25ClO2/c1-21(2,3)24-19-14-10-7-8-11-15(14)20(25-22(4,5)6)18-16(19)12-9-13-17(18)23/h7-13H,1-6H3. The lowest BCUT2D eigenvalue weighted by Crippen LogP contribution is -2.24. The molecule has 2 nitrogen and oxygen atoms in total. The average Bonchev–Trinajstić information content (AvgIpc) is 2.48. The van der Waals surface area contributed by atoms with Gasteiger partial charge in [-0.05, 0) is 47.6 Å². The van der Waals surface area contributed by atoms with Crippen molar-refractivity contribution in [3.05, 3.63) is 47.5 Å². The van der Waals surface area contributed by atoms with Crippen LogP contribution in [-0.2, 0) is 0 Å². The SMILES string of the molecule is CC(C)(C)Oc1c2ccccc2c(OC(C)(C)C)c2c(Cl)cccc12. The van der Waals surface area contributed by atoms with Crippen LogP contribution in [0.3, 0.4) is 0 Å². The summed E-state index contributed by atoms with van der Waals surface area (Å²) in [6.07, 6.45) is 0. The van der Waals surface area contributed by atoms with Crippen molar-refractivity contribution >= 4 is 33.1 Å². The molecule has 0 heterocycles. The number of ether oxygens (including phenoxy) is 2. The lowest BCUT2D eigenvalue weighted by atomic mass is 9.99. The summed E-state index contributed by atoms with van der Waals surface area (Å²) < 4.78 is 12.7. The van der Waals surface area contributed by atoms with Crippen molar-refractivity contribution in [1.82, 2.24) is 0 Å². The van der Waals surface area contributed by atoms with E-state index in [1.165, 1.54) is 0 Å². The zero-order valence-corrected chi connectivity index (χ0v) is 16.5. The number of halogens is 1.